The number of fused-ring (bicyclic) bond motifs is 1. The molecule has 2 nitrogen and oxygen atoms in total. The molecule has 6 heteroatoms. The normalized spacial score (nSPS) is 11.0. The molecule has 3 aromatic rings. The fourth-order valence-corrected chi connectivity index (χ4v) is 3.31. The van der Waals surface area contributed by atoms with Crippen molar-refractivity contribution in [2.24, 2.45) is 0 Å². The Morgan fingerprint density at radius 2 is 1.80 bits per heavy atom. The Balaban J connectivity index is 2.12. The Labute approximate surface area is 135 Å². The molecule has 0 fully saturated rings. The number of ether oxygens (including phenoxy) is 1. The number of benzene rings is 2. The van der Waals surface area contributed by atoms with Crippen molar-refractivity contribution in [3.05, 3.63) is 51.0 Å². The van der Waals surface area contributed by atoms with E-state index in [1.807, 2.05) is 19.1 Å². The first-order valence-corrected chi connectivity index (χ1v) is 7.64. The van der Waals surface area contributed by atoms with Crippen LogP contribution in [0.25, 0.3) is 10.9 Å². The van der Waals surface area contributed by atoms with Gasteiger partial charge in [0.05, 0.1) is 15.4 Å². The molecule has 0 aliphatic rings. The molecule has 0 bridgehead atoms. The minimum Gasteiger partial charge on any atom is -0.444 e. The van der Waals surface area contributed by atoms with E-state index >= 15 is 0 Å². The van der Waals surface area contributed by atoms with Crippen molar-refractivity contribution in [1.82, 2.24) is 4.37 Å². The molecule has 20 heavy (non-hydrogen) atoms. The van der Waals surface area contributed by atoms with Gasteiger partial charge in [0.1, 0.15) is 11.3 Å². The summed E-state index contributed by atoms with van der Waals surface area (Å²) < 4.78 is 10.2. The van der Waals surface area contributed by atoms with E-state index in [1.165, 1.54) is 11.5 Å². The van der Waals surface area contributed by atoms with Crippen LogP contribution in [0.4, 0.5) is 0 Å². The van der Waals surface area contributed by atoms with Gasteiger partial charge in [-0.05, 0) is 36.8 Å². The quantitative estimate of drug-likeness (QED) is 0.540. The Morgan fingerprint density at radius 3 is 2.60 bits per heavy atom. The largest absolute Gasteiger partial charge is 0.444 e. The van der Waals surface area contributed by atoms with Gasteiger partial charge < -0.3 is 4.74 Å². The minimum atomic E-state index is 0.554. The second-order valence-electron chi connectivity index (χ2n) is 4.23. The van der Waals surface area contributed by atoms with E-state index in [0.717, 1.165) is 10.9 Å². The second kappa shape index (κ2) is 5.41. The first-order valence-electron chi connectivity index (χ1n) is 5.73. The van der Waals surface area contributed by atoms with Gasteiger partial charge in [-0.1, -0.05) is 40.9 Å². The zero-order valence-electron chi connectivity index (χ0n) is 10.3. The molecule has 0 saturated heterocycles. The third kappa shape index (κ3) is 2.47. The van der Waals surface area contributed by atoms with Crippen LogP contribution in [-0.4, -0.2) is 4.37 Å². The van der Waals surface area contributed by atoms with Crippen LogP contribution in [-0.2, 0) is 0 Å². The smallest absolute Gasteiger partial charge is 0.209 e. The maximum atomic E-state index is 6.21. The molecular weight excluding hydrogens is 337 g/mol. The van der Waals surface area contributed by atoms with Crippen LogP contribution in [0.5, 0.6) is 10.8 Å². The van der Waals surface area contributed by atoms with Crippen molar-refractivity contribution in [1.29, 1.82) is 0 Å². The fraction of sp³-hybridized carbons (Fsp3) is 0.0714. The van der Waals surface area contributed by atoms with Gasteiger partial charge >= 0.3 is 0 Å². The maximum Gasteiger partial charge on any atom is 0.209 e. The number of hydrogen-bond acceptors (Lipinski definition) is 3. The van der Waals surface area contributed by atoms with E-state index in [2.05, 4.69) is 4.37 Å². The van der Waals surface area contributed by atoms with Gasteiger partial charge in [0.15, 0.2) is 0 Å². The highest BCUT2D eigenvalue weighted by molar-refractivity contribution is 7.09. The van der Waals surface area contributed by atoms with Gasteiger partial charge in [-0.3, -0.25) is 0 Å². The van der Waals surface area contributed by atoms with E-state index in [0.29, 0.717) is 31.4 Å². The lowest BCUT2D eigenvalue weighted by atomic mass is 10.2. The second-order valence-corrected chi connectivity index (χ2v) is 6.22. The zero-order valence-corrected chi connectivity index (χ0v) is 13.4. The highest BCUT2D eigenvalue weighted by Gasteiger charge is 2.15. The number of aromatic nitrogens is 1. The first kappa shape index (κ1) is 14.0. The van der Waals surface area contributed by atoms with Gasteiger partial charge in [0.2, 0.25) is 5.06 Å². The summed E-state index contributed by atoms with van der Waals surface area (Å²) in [5.74, 6) is 0.680. The first-order chi connectivity index (χ1) is 9.56. The summed E-state index contributed by atoms with van der Waals surface area (Å²) in [6.07, 6.45) is 0. The Morgan fingerprint density at radius 1 is 1.05 bits per heavy atom. The molecule has 0 spiro atoms. The van der Waals surface area contributed by atoms with Gasteiger partial charge in [-0.2, -0.15) is 4.37 Å². The van der Waals surface area contributed by atoms with Gasteiger partial charge in [-0.25, -0.2) is 0 Å². The molecule has 0 unspecified atom stereocenters. The third-order valence-electron chi connectivity index (χ3n) is 2.85. The molecular formula is C14H8Cl3NOS. The maximum absolute atomic E-state index is 6.21. The molecule has 2 aromatic carbocycles. The molecule has 3 rings (SSSR count). The molecule has 1 heterocycles. The summed E-state index contributed by atoms with van der Waals surface area (Å²) in [5.41, 5.74) is 1.63. The predicted molar refractivity (Wildman–Crippen MR) is 85.9 cm³/mol. The number of halogens is 3. The van der Waals surface area contributed by atoms with E-state index in [-0.39, 0.29) is 0 Å². The lowest BCUT2D eigenvalue weighted by Crippen LogP contribution is -1.86. The van der Waals surface area contributed by atoms with E-state index in [1.54, 1.807) is 18.2 Å². The lowest BCUT2D eigenvalue weighted by molar-refractivity contribution is 0.497. The predicted octanol–water partition coefficient (Wildman–Crippen LogP) is 6.36. The van der Waals surface area contributed by atoms with E-state index in [4.69, 9.17) is 39.5 Å². The topological polar surface area (TPSA) is 22.1 Å². The van der Waals surface area contributed by atoms with Gasteiger partial charge in [0, 0.05) is 16.6 Å². The molecule has 0 aliphatic carbocycles. The molecule has 0 amide bonds. The molecule has 0 atom stereocenters. The van der Waals surface area contributed by atoms with Crippen LogP contribution >= 0.6 is 46.3 Å². The Kier molecular flexibility index (Phi) is 3.78. The number of aryl methyl sites for hydroxylation is 1. The number of nitrogens with zero attached hydrogens (tertiary/aromatic N) is 1. The third-order valence-corrected chi connectivity index (χ3v) is 4.44. The standard InChI is InChI=1S/C14H8Cl3NOS/c1-7-2-3-8(15)6-11(7)19-14-12-9(16)4-5-10(17)13(12)18-20-14/h2-6H,1H3. The average molecular weight is 345 g/mol. The highest BCUT2D eigenvalue weighted by Crippen LogP contribution is 2.41. The number of rotatable bonds is 2. The van der Waals surface area contributed by atoms with Crippen molar-refractivity contribution in [3.8, 4) is 10.8 Å². The summed E-state index contributed by atoms with van der Waals surface area (Å²) >= 11 is 19.5. The Hall–Kier alpha value is -1.00. The Bertz CT molecular complexity index is 800. The van der Waals surface area contributed by atoms with Crippen molar-refractivity contribution in [3.63, 3.8) is 0 Å². The SMILES string of the molecule is Cc1ccc(Cl)cc1Oc1snc2c(Cl)ccc(Cl)c12. The van der Waals surface area contributed by atoms with Crippen molar-refractivity contribution in [2.45, 2.75) is 6.92 Å². The monoisotopic (exact) mass is 343 g/mol. The van der Waals surface area contributed by atoms with Crippen molar-refractivity contribution in [2.75, 3.05) is 0 Å². The van der Waals surface area contributed by atoms with Crippen LogP contribution in [0.15, 0.2) is 30.3 Å². The summed E-state index contributed by atoms with van der Waals surface area (Å²) in [5, 5.41) is 3.07. The van der Waals surface area contributed by atoms with Crippen LogP contribution in [0.1, 0.15) is 5.56 Å². The molecule has 0 saturated carbocycles. The van der Waals surface area contributed by atoms with Crippen LogP contribution < -0.4 is 4.74 Å². The van der Waals surface area contributed by atoms with E-state index in [9.17, 15) is 0 Å². The lowest BCUT2D eigenvalue weighted by Gasteiger charge is -2.07. The fourth-order valence-electron chi connectivity index (χ4n) is 1.81. The zero-order chi connectivity index (χ0) is 14.3. The number of hydrogen-bond donors (Lipinski definition) is 0. The molecule has 0 radical (unpaired) electrons. The molecule has 0 aliphatic heterocycles. The van der Waals surface area contributed by atoms with Crippen molar-refractivity contribution >= 4 is 57.2 Å². The highest BCUT2D eigenvalue weighted by atomic mass is 35.5. The van der Waals surface area contributed by atoms with Crippen LogP contribution in [0.3, 0.4) is 0 Å². The van der Waals surface area contributed by atoms with Gasteiger partial charge in [-0.15, -0.1) is 0 Å². The van der Waals surface area contributed by atoms with Crippen molar-refractivity contribution < 1.29 is 4.74 Å². The van der Waals surface area contributed by atoms with E-state index < -0.39 is 0 Å². The average Bonchev–Trinajstić information content (AvgIpc) is 2.83. The molecule has 102 valence electrons. The molecule has 0 N–H and O–H groups in total. The summed E-state index contributed by atoms with van der Waals surface area (Å²) in [6, 6.07) is 8.94. The summed E-state index contributed by atoms with van der Waals surface area (Å²) in [4.78, 5) is 0. The minimum absolute atomic E-state index is 0.554. The van der Waals surface area contributed by atoms with Crippen LogP contribution in [0.2, 0.25) is 15.1 Å². The van der Waals surface area contributed by atoms with Crippen LogP contribution in [0, 0.1) is 6.92 Å². The summed E-state index contributed by atoms with van der Waals surface area (Å²) in [7, 11) is 0. The summed E-state index contributed by atoms with van der Waals surface area (Å²) in [6.45, 7) is 1.95. The molecule has 1 aromatic heterocycles. The van der Waals surface area contributed by atoms with Gasteiger partial charge in [0.25, 0.3) is 0 Å².